The van der Waals surface area contributed by atoms with Crippen molar-refractivity contribution in [2.75, 3.05) is 7.05 Å². The van der Waals surface area contributed by atoms with Gasteiger partial charge >= 0.3 is 0 Å². The summed E-state index contributed by atoms with van der Waals surface area (Å²) < 4.78 is 15.7. The van der Waals surface area contributed by atoms with E-state index in [2.05, 4.69) is 5.10 Å². The molecule has 168 valence electrons. The molecule has 2 N–H and O–H groups in total. The fraction of sp³-hybridized carbons (Fsp3) is 0.0833. The summed E-state index contributed by atoms with van der Waals surface area (Å²) in [5.41, 5.74) is 1.36. The van der Waals surface area contributed by atoms with Crippen LogP contribution in [0, 0.1) is 5.82 Å². The van der Waals surface area contributed by atoms with E-state index in [4.69, 9.17) is 23.2 Å². The zero-order valence-electron chi connectivity index (χ0n) is 17.3. The van der Waals surface area contributed by atoms with Crippen LogP contribution in [0.1, 0.15) is 15.9 Å². The molecule has 0 saturated carbocycles. The smallest absolute Gasteiger partial charge is 0.257 e. The maximum atomic E-state index is 14.2. The van der Waals surface area contributed by atoms with Gasteiger partial charge in [0.25, 0.3) is 5.91 Å². The highest BCUT2D eigenvalue weighted by Gasteiger charge is 2.23. The molecule has 0 spiro atoms. The van der Waals surface area contributed by atoms with Gasteiger partial charge in [-0.25, -0.2) is 9.07 Å². The van der Waals surface area contributed by atoms with Gasteiger partial charge < -0.3 is 15.1 Å². The first-order valence-corrected chi connectivity index (χ1v) is 10.6. The number of hydrogen-bond acceptors (Lipinski definition) is 4. The number of amides is 1. The number of para-hydroxylation sites is 1. The first kappa shape index (κ1) is 22.6. The summed E-state index contributed by atoms with van der Waals surface area (Å²) in [5, 5.41) is 25.8. The van der Waals surface area contributed by atoms with E-state index in [1.807, 2.05) is 0 Å². The van der Waals surface area contributed by atoms with Crippen molar-refractivity contribution >= 4 is 29.1 Å². The highest BCUT2D eigenvalue weighted by Crippen LogP contribution is 2.37. The Kier molecular flexibility index (Phi) is 6.26. The van der Waals surface area contributed by atoms with Gasteiger partial charge in [-0.2, -0.15) is 5.10 Å². The number of rotatable bonds is 5. The third-order valence-corrected chi connectivity index (χ3v) is 5.82. The third kappa shape index (κ3) is 4.37. The molecule has 0 saturated heterocycles. The van der Waals surface area contributed by atoms with Gasteiger partial charge in [0, 0.05) is 35.8 Å². The van der Waals surface area contributed by atoms with Crippen molar-refractivity contribution in [1.29, 1.82) is 0 Å². The van der Waals surface area contributed by atoms with Gasteiger partial charge in [0.2, 0.25) is 0 Å². The Balaban J connectivity index is 1.73. The lowest BCUT2D eigenvalue weighted by molar-refractivity contribution is 0.0781. The highest BCUT2D eigenvalue weighted by molar-refractivity contribution is 6.32. The Morgan fingerprint density at radius 1 is 1.03 bits per heavy atom. The SMILES string of the molecule is CN(Cc1c(F)cccc1Cl)C(=O)c1cc(-c2ccnn2-c2ccccc2Cl)c(O)cc1O. The molecule has 4 rings (SSSR count). The van der Waals surface area contributed by atoms with Gasteiger partial charge in [-0.1, -0.05) is 41.4 Å². The summed E-state index contributed by atoms with van der Waals surface area (Å²) in [4.78, 5) is 14.3. The van der Waals surface area contributed by atoms with Crippen molar-refractivity contribution in [3.8, 4) is 28.4 Å². The molecule has 1 aromatic heterocycles. The van der Waals surface area contributed by atoms with Crippen molar-refractivity contribution in [3.05, 3.63) is 93.8 Å². The molecule has 33 heavy (non-hydrogen) atoms. The Bertz CT molecular complexity index is 1340. The summed E-state index contributed by atoms with van der Waals surface area (Å²) in [6.07, 6.45) is 1.53. The van der Waals surface area contributed by atoms with Crippen LogP contribution in [0.5, 0.6) is 11.5 Å². The molecule has 0 atom stereocenters. The maximum absolute atomic E-state index is 14.2. The van der Waals surface area contributed by atoms with Gasteiger partial charge in [0.15, 0.2) is 0 Å². The summed E-state index contributed by atoms with van der Waals surface area (Å²) in [6.45, 7) is -0.114. The molecule has 0 aliphatic carbocycles. The Labute approximate surface area is 199 Å². The van der Waals surface area contributed by atoms with E-state index in [0.717, 1.165) is 6.07 Å². The summed E-state index contributed by atoms with van der Waals surface area (Å²) in [7, 11) is 1.46. The van der Waals surface area contributed by atoms with Gasteiger partial charge in [0.05, 0.1) is 28.2 Å². The molecular weight excluding hydrogens is 468 g/mol. The minimum Gasteiger partial charge on any atom is -0.507 e. The van der Waals surface area contributed by atoms with Crippen LogP contribution in [0.25, 0.3) is 16.9 Å². The lowest BCUT2D eigenvalue weighted by Gasteiger charge is -2.20. The second-order valence-electron chi connectivity index (χ2n) is 7.33. The number of aromatic nitrogens is 2. The van der Waals surface area contributed by atoms with Crippen molar-refractivity contribution in [1.82, 2.24) is 14.7 Å². The third-order valence-electron chi connectivity index (χ3n) is 5.15. The molecule has 0 aliphatic heterocycles. The van der Waals surface area contributed by atoms with Crippen LogP contribution in [0.2, 0.25) is 10.0 Å². The van der Waals surface area contributed by atoms with Gasteiger partial charge in [-0.15, -0.1) is 0 Å². The van der Waals surface area contributed by atoms with E-state index >= 15 is 0 Å². The molecule has 0 unspecified atom stereocenters. The number of carbonyl (C=O) groups excluding carboxylic acids is 1. The predicted octanol–water partition coefficient (Wildman–Crippen LogP) is 5.67. The number of phenolic OH excluding ortho intramolecular Hbond substituents is 2. The zero-order chi connectivity index (χ0) is 23.7. The van der Waals surface area contributed by atoms with Crippen LogP contribution < -0.4 is 0 Å². The average molecular weight is 486 g/mol. The molecule has 9 heteroatoms. The topological polar surface area (TPSA) is 78.6 Å². The lowest BCUT2D eigenvalue weighted by Crippen LogP contribution is -2.27. The molecule has 0 bridgehead atoms. The van der Waals surface area contributed by atoms with E-state index < -0.39 is 17.5 Å². The maximum Gasteiger partial charge on any atom is 0.257 e. The molecular formula is C24H18Cl2FN3O3. The molecule has 0 aliphatic rings. The fourth-order valence-electron chi connectivity index (χ4n) is 3.47. The number of phenols is 2. The number of nitrogens with zero attached hydrogens (tertiary/aromatic N) is 3. The second kappa shape index (κ2) is 9.13. The molecule has 4 aromatic rings. The fourth-order valence-corrected chi connectivity index (χ4v) is 3.91. The van der Waals surface area contributed by atoms with E-state index in [0.29, 0.717) is 16.4 Å². The highest BCUT2D eigenvalue weighted by atomic mass is 35.5. The summed E-state index contributed by atoms with van der Waals surface area (Å²) in [5.74, 6) is -1.80. The molecule has 0 fully saturated rings. The normalized spacial score (nSPS) is 10.9. The molecule has 1 amide bonds. The van der Waals surface area contributed by atoms with E-state index in [9.17, 15) is 19.4 Å². The largest absolute Gasteiger partial charge is 0.507 e. The second-order valence-corrected chi connectivity index (χ2v) is 8.14. The van der Waals surface area contributed by atoms with Crippen molar-refractivity contribution in [3.63, 3.8) is 0 Å². The molecule has 6 nitrogen and oxygen atoms in total. The monoisotopic (exact) mass is 485 g/mol. The van der Waals surface area contributed by atoms with Gasteiger partial charge in [-0.3, -0.25) is 4.79 Å². The zero-order valence-corrected chi connectivity index (χ0v) is 18.8. The Morgan fingerprint density at radius 3 is 2.48 bits per heavy atom. The summed E-state index contributed by atoms with van der Waals surface area (Å²) >= 11 is 12.4. The van der Waals surface area contributed by atoms with Crippen LogP contribution in [-0.2, 0) is 6.54 Å². The number of benzene rings is 3. The molecule has 1 heterocycles. The number of halogens is 3. The standard InChI is InChI=1S/C24H18Cl2FN3O3/c1-29(13-16-17(25)6-4-7-19(16)27)24(33)15-11-14(22(31)12-23(15)32)20-9-10-28-30(20)21-8-3-2-5-18(21)26/h2-12,31-32H,13H2,1H3. The first-order chi connectivity index (χ1) is 15.8. The number of hydrogen-bond donors (Lipinski definition) is 2. The van der Waals surface area contributed by atoms with E-state index in [-0.39, 0.29) is 34.0 Å². The predicted molar refractivity (Wildman–Crippen MR) is 125 cm³/mol. The van der Waals surface area contributed by atoms with Crippen molar-refractivity contribution in [2.24, 2.45) is 0 Å². The van der Waals surface area contributed by atoms with Crippen molar-refractivity contribution < 1.29 is 19.4 Å². The minimum absolute atomic E-state index is 0.0790. The van der Waals surface area contributed by atoms with Gasteiger partial charge in [-0.05, 0) is 36.4 Å². The Hall–Kier alpha value is -3.55. The van der Waals surface area contributed by atoms with Gasteiger partial charge in [0.1, 0.15) is 17.3 Å². The van der Waals surface area contributed by atoms with Crippen LogP contribution in [0.15, 0.2) is 66.9 Å². The molecule has 0 radical (unpaired) electrons. The van der Waals surface area contributed by atoms with E-state index in [1.165, 1.54) is 47.1 Å². The molecule has 3 aromatic carbocycles. The number of carbonyl (C=O) groups is 1. The van der Waals surface area contributed by atoms with Crippen molar-refractivity contribution in [2.45, 2.75) is 6.54 Å². The van der Waals surface area contributed by atoms with Crippen LogP contribution in [-0.4, -0.2) is 37.8 Å². The van der Waals surface area contributed by atoms with Crippen LogP contribution >= 0.6 is 23.2 Å². The Morgan fingerprint density at radius 2 is 1.76 bits per heavy atom. The quantitative estimate of drug-likeness (QED) is 0.381. The lowest BCUT2D eigenvalue weighted by atomic mass is 10.0. The number of aromatic hydroxyl groups is 2. The van der Waals surface area contributed by atoms with Crippen LogP contribution in [0.4, 0.5) is 4.39 Å². The summed E-state index contributed by atoms with van der Waals surface area (Å²) in [6, 6.07) is 15.4. The van der Waals surface area contributed by atoms with Crippen LogP contribution in [0.3, 0.4) is 0 Å². The average Bonchev–Trinajstić information content (AvgIpc) is 3.25. The van der Waals surface area contributed by atoms with E-state index in [1.54, 1.807) is 30.3 Å². The first-order valence-electron chi connectivity index (χ1n) is 9.81. The minimum atomic E-state index is -0.586.